The smallest absolute Gasteiger partial charge is 0.269 e. The van der Waals surface area contributed by atoms with E-state index in [1.807, 2.05) is 0 Å². The lowest BCUT2D eigenvalue weighted by molar-refractivity contribution is 0.390. The number of benzene rings is 1. The lowest BCUT2D eigenvalue weighted by Crippen LogP contribution is -2.32. The maximum atomic E-state index is 12.8. The first kappa shape index (κ1) is 14.4. The second kappa shape index (κ2) is 5.16. The summed E-state index contributed by atoms with van der Waals surface area (Å²) in [5, 5.41) is 3.70. The van der Waals surface area contributed by atoms with E-state index in [-0.39, 0.29) is 17.2 Å². The van der Waals surface area contributed by atoms with Crippen LogP contribution in [0, 0.1) is 13.8 Å². The Hall–Kier alpha value is -2.02. The largest absolute Gasteiger partial charge is 0.397 e. The number of rotatable bonds is 4. The summed E-state index contributed by atoms with van der Waals surface area (Å²) in [5.74, 6) is 0.274. The molecular formula is C13H17N3O3S. The fraction of sp³-hybridized carbons (Fsp3) is 0.308. The number of hydrogen-bond acceptors (Lipinski definition) is 5. The Morgan fingerprint density at radius 3 is 2.45 bits per heavy atom. The van der Waals surface area contributed by atoms with E-state index < -0.39 is 10.0 Å². The molecule has 0 radical (unpaired) electrons. The molecule has 1 aromatic heterocycles. The van der Waals surface area contributed by atoms with Crippen molar-refractivity contribution in [2.45, 2.75) is 25.7 Å². The number of para-hydroxylation sites is 2. The molecule has 0 aliphatic carbocycles. The minimum absolute atomic E-state index is 0.0996. The highest BCUT2D eigenvalue weighted by atomic mass is 32.2. The molecule has 0 saturated carbocycles. The monoisotopic (exact) mass is 295 g/mol. The maximum absolute atomic E-state index is 12.8. The number of nitrogen functional groups attached to an aromatic ring is 1. The summed E-state index contributed by atoms with van der Waals surface area (Å²) in [4.78, 5) is 0.0996. The van der Waals surface area contributed by atoms with Crippen molar-refractivity contribution >= 4 is 21.4 Å². The summed E-state index contributed by atoms with van der Waals surface area (Å²) in [6, 6.07) is 6.85. The highest BCUT2D eigenvalue weighted by molar-refractivity contribution is 7.93. The molecule has 2 N–H and O–H groups in total. The van der Waals surface area contributed by atoms with Crippen molar-refractivity contribution in [1.82, 2.24) is 5.16 Å². The summed E-state index contributed by atoms with van der Waals surface area (Å²) in [7, 11) is -3.75. The third-order valence-electron chi connectivity index (χ3n) is 3.01. The molecule has 20 heavy (non-hydrogen) atoms. The van der Waals surface area contributed by atoms with E-state index in [0.717, 1.165) is 0 Å². The highest BCUT2D eigenvalue weighted by Gasteiger charge is 2.31. The predicted octanol–water partition coefficient (Wildman–Crippen LogP) is 2.09. The van der Waals surface area contributed by atoms with E-state index in [1.54, 1.807) is 45.0 Å². The van der Waals surface area contributed by atoms with E-state index in [4.69, 9.17) is 10.3 Å². The molecule has 1 aromatic carbocycles. The molecule has 0 bridgehead atoms. The molecule has 0 spiro atoms. The molecule has 0 aliphatic rings. The standard InChI is InChI=1S/C13H17N3O3S/c1-4-16(12-8-6-5-7-11(12)14)20(17,18)13-9(2)15-19-10(13)3/h5-8H,4,14H2,1-3H3. The third kappa shape index (κ3) is 2.24. The Bertz CT molecular complexity index is 703. The fourth-order valence-electron chi connectivity index (χ4n) is 2.14. The van der Waals surface area contributed by atoms with Crippen LogP contribution in [-0.2, 0) is 10.0 Å². The number of aromatic nitrogens is 1. The van der Waals surface area contributed by atoms with Gasteiger partial charge >= 0.3 is 0 Å². The SMILES string of the molecule is CCN(c1ccccc1N)S(=O)(=O)c1c(C)noc1C. The van der Waals surface area contributed by atoms with Crippen molar-refractivity contribution in [3.8, 4) is 0 Å². The van der Waals surface area contributed by atoms with Crippen LogP contribution in [0.5, 0.6) is 0 Å². The minimum atomic E-state index is -3.75. The molecule has 0 unspecified atom stereocenters. The van der Waals surface area contributed by atoms with Crippen LogP contribution in [0.3, 0.4) is 0 Å². The second-order valence-electron chi connectivity index (χ2n) is 4.38. The normalized spacial score (nSPS) is 11.6. The van der Waals surface area contributed by atoms with Crippen LogP contribution in [0.15, 0.2) is 33.7 Å². The van der Waals surface area contributed by atoms with Crippen molar-refractivity contribution in [1.29, 1.82) is 0 Å². The van der Waals surface area contributed by atoms with E-state index in [1.165, 1.54) is 4.31 Å². The number of anilines is 2. The van der Waals surface area contributed by atoms with Gasteiger partial charge in [-0.2, -0.15) is 0 Å². The average molecular weight is 295 g/mol. The zero-order chi connectivity index (χ0) is 14.9. The van der Waals surface area contributed by atoms with Gasteiger partial charge in [-0.05, 0) is 32.9 Å². The molecule has 1 heterocycles. The van der Waals surface area contributed by atoms with Gasteiger partial charge in [-0.3, -0.25) is 4.31 Å². The van der Waals surface area contributed by atoms with Crippen LogP contribution in [-0.4, -0.2) is 20.1 Å². The summed E-state index contributed by atoms with van der Waals surface area (Å²) >= 11 is 0. The molecule has 0 aliphatic heterocycles. The highest BCUT2D eigenvalue weighted by Crippen LogP contribution is 2.30. The summed E-state index contributed by atoms with van der Waals surface area (Å²) in [5.41, 5.74) is 7.08. The number of aryl methyl sites for hydroxylation is 2. The Labute approximate surface area is 118 Å². The van der Waals surface area contributed by atoms with Gasteiger partial charge in [0.05, 0.1) is 11.4 Å². The molecular weight excluding hydrogens is 278 g/mol. The lowest BCUT2D eigenvalue weighted by atomic mass is 10.3. The predicted molar refractivity (Wildman–Crippen MR) is 77.0 cm³/mol. The van der Waals surface area contributed by atoms with Crippen LogP contribution < -0.4 is 10.0 Å². The summed E-state index contributed by atoms with van der Waals surface area (Å²) < 4.78 is 31.8. The van der Waals surface area contributed by atoms with E-state index in [2.05, 4.69) is 5.16 Å². The number of nitrogens with zero attached hydrogens (tertiary/aromatic N) is 2. The third-order valence-corrected chi connectivity index (χ3v) is 5.14. The van der Waals surface area contributed by atoms with E-state index in [0.29, 0.717) is 17.1 Å². The first-order valence-corrected chi connectivity index (χ1v) is 7.63. The molecule has 108 valence electrons. The number of sulfonamides is 1. The van der Waals surface area contributed by atoms with Crippen LogP contribution in [0.1, 0.15) is 18.4 Å². The van der Waals surface area contributed by atoms with Gasteiger partial charge in [-0.25, -0.2) is 8.42 Å². The Balaban J connectivity index is 2.60. The van der Waals surface area contributed by atoms with Crippen LogP contribution in [0.2, 0.25) is 0 Å². The Morgan fingerprint density at radius 1 is 1.30 bits per heavy atom. The zero-order valence-corrected chi connectivity index (χ0v) is 12.4. The summed E-state index contributed by atoms with van der Waals surface area (Å²) in [6.07, 6.45) is 0. The van der Waals surface area contributed by atoms with Gasteiger partial charge in [0, 0.05) is 6.54 Å². The first-order valence-electron chi connectivity index (χ1n) is 6.19. The fourth-order valence-corrected chi connectivity index (χ4v) is 3.93. The minimum Gasteiger partial charge on any atom is -0.397 e. The number of nitrogens with two attached hydrogens (primary N) is 1. The van der Waals surface area contributed by atoms with Crippen LogP contribution in [0.25, 0.3) is 0 Å². The van der Waals surface area contributed by atoms with Gasteiger partial charge in [0.2, 0.25) is 0 Å². The molecule has 0 atom stereocenters. The van der Waals surface area contributed by atoms with Gasteiger partial charge in [-0.15, -0.1) is 0 Å². The maximum Gasteiger partial charge on any atom is 0.269 e. The van der Waals surface area contributed by atoms with Crippen LogP contribution >= 0.6 is 0 Å². The quantitative estimate of drug-likeness (QED) is 0.872. The van der Waals surface area contributed by atoms with Crippen molar-refractivity contribution in [3.63, 3.8) is 0 Å². The molecule has 0 fully saturated rings. The lowest BCUT2D eigenvalue weighted by Gasteiger charge is -2.23. The number of hydrogen-bond donors (Lipinski definition) is 1. The average Bonchev–Trinajstić information content (AvgIpc) is 2.72. The van der Waals surface area contributed by atoms with E-state index in [9.17, 15) is 8.42 Å². The topological polar surface area (TPSA) is 89.4 Å². The Kier molecular flexibility index (Phi) is 3.71. The van der Waals surface area contributed by atoms with Crippen molar-refractivity contribution < 1.29 is 12.9 Å². The van der Waals surface area contributed by atoms with Gasteiger partial charge in [0.15, 0.2) is 10.7 Å². The second-order valence-corrected chi connectivity index (χ2v) is 6.18. The zero-order valence-electron chi connectivity index (χ0n) is 11.6. The summed E-state index contributed by atoms with van der Waals surface area (Å²) in [6.45, 7) is 5.20. The first-order chi connectivity index (χ1) is 9.39. The van der Waals surface area contributed by atoms with Crippen LogP contribution in [0.4, 0.5) is 11.4 Å². The Morgan fingerprint density at radius 2 is 1.95 bits per heavy atom. The molecule has 0 saturated heterocycles. The van der Waals surface area contributed by atoms with Gasteiger partial charge in [0.25, 0.3) is 10.0 Å². The van der Waals surface area contributed by atoms with Crippen molar-refractivity contribution in [2.24, 2.45) is 0 Å². The van der Waals surface area contributed by atoms with Crippen molar-refractivity contribution in [2.75, 3.05) is 16.6 Å². The van der Waals surface area contributed by atoms with Crippen molar-refractivity contribution in [3.05, 3.63) is 35.7 Å². The van der Waals surface area contributed by atoms with Gasteiger partial charge in [0.1, 0.15) is 5.69 Å². The van der Waals surface area contributed by atoms with E-state index >= 15 is 0 Å². The molecule has 7 heteroatoms. The molecule has 2 aromatic rings. The molecule has 2 rings (SSSR count). The van der Waals surface area contributed by atoms with Gasteiger partial charge in [-0.1, -0.05) is 17.3 Å². The molecule has 0 amide bonds. The molecule has 6 nitrogen and oxygen atoms in total. The van der Waals surface area contributed by atoms with Gasteiger partial charge < -0.3 is 10.3 Å².